The molecule has 0 saturated carbocycles. The number of aromatic amines is 1. The molecule has 2 heterocycles. The van der Waals surface area contributed by atoms with E-state index in [1.54, 1.807) is 0 Å². The molecule has 0 unspecified atom stereocenters. The van der Waals surface area contributed by atoms with Crippen LogP contribution in [0.15, 0.2) is 21.9 Å². The SMILES string of the molecule is CC(C)(C)[Si](C)(C)O[C@H]1C[C@H](n2ccc(=O)[nH]c2=O)O[C@]1(C=O)CO. The molecule has 1 fully saturated rings. The monoisotopic (exact) mass is 370 g/mol. The summed E-state index contributed by atoms with van der Waals surface area (Å²) in [4.78, 5) is 37.1. The summed E-state index contributed by atoms with van der Waals surface area (Å²) in [5, 5.41) is 9.71. The number of hydrogen-bond donors (Lipinski definition) is 2. The number of rotatable bonds is 5. The van der Waals surface area contributed by atoms with E-state index in [-0.39, 0.29) is 11.5 Å². The molecule has 0 aliphatic carbocycles. The van der Waals surface area contributed by atoms with Gasteiger partial charge in [-0.1, -0.05) is 20.8 Å². The highest BCUT2D eigenvalue weighted by Gasteiger charge is 2.53. The van der Waals surface area contributed by atoms with Crippen LogP contribution in [0.25, 0.3) is 0 Å². The Bertz CT molecular complexity index is 750. The van der Waals surface area contributed by atoms with E-state index in [2.05, 4.69) is 25.8 Å². The number of carbonyl (C=O) groups excluding carboxylic acids is 1. The van der Waals surface area contributed by atoms with Crippen molar-refractivity contribution in [2.24, 2.45) is 0 Å². The van der Waals surface area contributed by atoms with Crippen molar-refractivity contribution in [1.29, 1.82) is 0 Å². The zero-order valence-electron chi connectivity index (χ0n) is 15.2. The number of aliphatic hydroxyl groups excluding tert-OH is 1. The van der Waals surface area contributed by atoms with Crippen molar-refractivity contribution in [3.8, 4) is 0 Å². The van der Waals surface area contributed by atoms with Gasteiger partial charge in [0.15, 0.2) is 20.2 Å². The van der Waals surface area contributed by atoms with Crippen LogP contribution in [0.4, 0.5) is 0 Å². The molecule has 1 aromatic rings. The van der Waals surface area contributed by atoms with Gasteiger partial charge < -0.3 is 14.3 Å². The lowest BCUT2D eigenvalue weighted by Gasteiger charge is -2.40. The number of nitrogens with zero attached hydrogens (tertiary/aromatic N) is 1. The summed E-state index contributed by atoms with van der Waals surface area (Å²) in [5.41, 5.74) is -2.68. The lowest BCUT2D eigenvalue weighted by Crippen LogP contribution is -2.53. The fraction of sp³-hybridized carbons (Fsp3) is 0.688. The van der Waals surface area contributed by atoms with E-state index in [0.29, 0.717) is 6.29 Å². The van der Waals surface area contributed by atoms with Crippen molar-refractivity contribution < 1.29 is 19.1 Å². The summed E-state index contributed by atoms with van der Waals surface area (Å²) >= 11 is 0. The molecule has 2 N–H and O–H groups in total. The summed E-state index contributed by atoms with van der Waals surface area (Å²) in [6, 6.07) is 1.20. The molecule has 3 atom stereocenters. The standard InChI is InChI=1S/C16H26N2O6Si/c1-15(2,3)25(4,5)24-11-8-13(23-16(11,9-19)10-20)18-7-6-12(21)17-14(18)22/h6-7,9,11,13,20H,8,10H2,1-5H3,(H,17,21,22)/t11-,13+,16+/m0/s1. The van der Waals surface area contributed by atoms with Gasteiger partial charge in [0.1, 0.15) is 6.23 Å². The van der Waals surface area contributed by atoms with Crippen LogP contribution in [-0.2, 0) is 14.0 Å². The highest BCUT2D eigenvalue weighted by Crippen LogP contribution is 2.43. The zero-order valence-corrected chi connectivity index (χ0v) is 16.2. The Labute approximate surface area is 146 Å². The minimum atomic E-state index is -2.24. The highest BCUT2D eigenvalue weighted by molar-refractivity contribution is 6.74. The van der Waals surface area contributed by atoms with Crippen LogP contribution in [0.2, 0.25) is 18.1 Å². The summed E-state index contributed by atoms with van der Waals surface area (Å²) in [6.07, 6.45) is 0.587. The molecule has 1 aromatic heterocycles. The second kappa shape index (κ2) is 6.64. The van der Waals surface area contributed by atoms with Crippen LogP contribution in [0.1, 0.15) is 33.4 Å². The number of aldehydes is 1. The lowest BCUT2D eigenvalue weighted by molar-refractivity contribution is -0.150. The van der Waals surface area contributed by atoms with E-state index in [0.717, 1.165) is 0 Å². The molecule has 0 aromatic carbocycles. The van der Waals surface area contributed by atoms with E-state index in [4.69, 9.17) is 9.16 Å². The smallest absolute Gasteiger partial charge is 0.330 e. The van der Waals surface area contributed by atoms with E-state index in [9.17, 15) is 19.5 Å². The van der Waals surface area contributed by atoms with Gasteiger partial charge in [-0.05, 0) is 18.1 Å². The largest absolute Gasteiger partial charge is 0.410 e. The third-order valence-corrected chi connectivity index (χ3v) is 9.65. The molecule has 25 heavy (non-hydrogen) atoms. The molecule has 8 nitrogen and oxygen atoms in total. The Hall–Kier alpha value is -1.55. The lowest BCUT2D eigenvalue weighted by atomic mass is 10.00. The Morgan fingerprint density at radius 2 is 2.12 bits per heavy atom. The van der Waals surface area contributed by atoms with Gasteiger partial charge in [0, 0.05) is 18.7 Å². The predicted molar refractivity (Wildman–Crippen MR) is 94.0 cm³/mol. The Kier molecular flexibility index (Phi) is 5.25. The third kappa shape index (κ3) is 3.69. The normalized spacial score (nSPS) is 27.4. The number of carbonyl (C=O) groups is 1. The van der Waals surface area contributed by atoms with Gasteiger partial charge in [0.2, 0.25) is 0 Å². The molecule has 0 amide bonds. The van der Waals surface area contributed by atoms with Crippen LogP contribution in [-0.4, -0.2) is 47.6 Å². The molecule has 1 aliphatic heterocycles. The summed E-state index contributed by atoms with van der Waals surface area (Å²) in [6.45, 7) is 9.74. The quantitative estimate of drug-likeness (QED) is 0.585. The zero-order chi connectivity index (χ0) is 19.0. The Balaban J connectivity index is 2.37. The van der Waals surface area contributed by atoms with Crippen molar-refractivity contribution in [2.75, 3.05) is 6.61 Å². The number of ether oxygens (including phenoxy) is 1. The minimum absolute atomic E-state index is 0.0933. The first kappa shape index (κ1) is 19.8. The molecule has 1 aliphatic rings. The van der Waals surface area contributed by atoms with E-state index in [1.165, 1.54) is 16.8 Å². The van der Waals surface area contributed by atoms with E-state index >= 15 is 0 Å². The fourth-order valence-corrected chi connectivity index (χ4v) is 3.91. The maximum absolute atomic E-state index is 12.0. The van der Waals surface area contributed by atoms with Gasteiger partial charge in [-0.15, -0.1) is 0 Å². The van der Waals surface area contributed by atoms with Crippen molar-refractivity contribution in [3.05, 3.63) is 33.1 Å². The number of aliphatic hydroxyl groups is 1. The minimum Gasteiger partial charge on any atom is -0.410 e. The van der Waals surface area contributed by atoms with Crippen LogP contribution in [0.5, 0.6) is 0 Å². The highest BCUT2D eigenvalue weighted by atomic mass is 28.4. The second-order valence-electron chi connectivity index (χ2n) is 7.92. The van der Waals surface area contributed by atoms with Crippen molar-refractivity contribution in [1.82, 2.24) is 9.55 Å². The molecule has 0 spiro atoms. The number of nitrogens with one attached hydrogen (secondary N) is 1. The van der Waals surface area contributed by atoms with Gasteiger partial charge >= 0.3 is 5.69 Å². The van der Waals surface area contributed by atoms with Gasteiger partial charge in [0.05, 0.1) is 12.7 Å². The van der Waals surface area contributed by atoms with E-state index < -0.39 is 44.1 Å². The van der Waals surface area contributed by atoms with Gasteiger partial charge in [-0.25, -0.2) is 4.79 Å². The van der Waals surface area contributed by atoms with Crippen molar-refractivity contribution in [2.45, 2.75) is 63.3 Å². The average Bonchev–Trinajstić information content (AvgIpc) is 2.84. The van der Waals surface area contributed by atoms with Crippen LogP contribution >= 0.6 is 0 Å². The Morgan fingerprint density at radius 3 is 2.60 bits per heavy atom. The maximum atomic E-state index is 12.0. The molecular weight excluding hydrogens is 344 g/mol. The first-order valence-corrected chi connectivity index (χ1v) is 11.1. The van der Waals surface area contributed by atoms with Gasteiger partial charge in [0.25, 0.3) is 5.56 Å². The molecule has 0 bridgehead atoms. The summed E-state index contributed by atoms with van der Waals surface area (Å²) < 4.78 is 13.3. The fourth-order valence-electron chi connectivity index (χ4n) is 2.54. The molecule has 9 heteroatoms. The van der Waals surface area contributed by atoms with Crippen LogP contribution < -0.4 is 11.2 Å². The van der Waals surface area contributed by atoms with Gasteiger partial charge in [-0.2, -0.15) is 0 Å². The van der Waals surface area contributed by atoms with Crippen molar-refractivity contribution in [3.63, 3.8) is 0 Å². The number of aromatic nitrogens is 2. The molecular formula is C16H26N2O6Si. The van der Waals surface area contributed by atoms with Crippen LogP contribution in [0.3, 0.4) is 0 Å². The second-order valence-corrected chi connectivity index (χ2v) is 12.7. The van der Waals surface area contributed by atoms with Gasteiger partial charge in [-0.3, -0.25) is 19.1 Å². The first-order chi connectivity index (χ1) is 11.5. The number of H-pyrrole nitrogens is 1. The molecule has 140 valence electrons. The maximum Gasteiger partial charge on any atom is 0.330 e. The van der Waals surface area contributed by atoms with E-state index in [1.807, 2.05) is 13.1 Å². The summed E-state index contributed by atoms with van der Waals surface area (Å²) in [5.74, 6) is 0. The first-order valence-electron chi connectivity index (χ1n) is 8.20. The molecule has 1 saturated heterocycles. The van der Waals surface area contributed by atoms with Crippen molar-refractivity contribution >= 4 is 14.6 Å². The molecule has 0 radical (unpaired) electrons. The predicted octanol–water partition coefficient (Wildman–Crippen LogP) is 0.776. The molecule has 2 rings (SSSR count). The Morgan fingerprint density at radius 1 is 1.48 bits per heavy atom. The number of hydrogen-bond acceptors (Lipinski definition) is 6. The topological polar surface area (TPSA) is 111 Å². The average molecular weight is 370 g/mol. The summed E-state index contributed by atoms with van der Waals surface area (Å²) in [7, 11) is -2.24. The third-order valence-electron chi connectivity index (χ3n) is 5.17. The van der Waals surface area contributed by atoms with Crippen LogP contribution in [0, 0.1) is 0 Å².